The van der Waals surface area contributed by atoms with Crippen molar-refractivity contribution in [3.8, 4) is 11.3 Å². The summed E-state index contributed by atoms with van der Waals surface area (Å²) in [5, 5.41) is 3.72. The van der Waals surface area contributed by atoms with Gasteiger partial charge in [0.25, 0.3) is 0 Å². The number of aromatic nitrogens is 1. The molecule has 0 fully saturated rings. The molecule has 1 aromatic heterocycles. The molecule has 3 aromatic rings. The molecule has 24 heavy (non-hydrogen) atoms. The Labute approximate surface area is 149 Å². The van der Waals surface area contributed by atoms with Crippen LogP contribution >= 0.6 is 23.1 Å². The minimum absolute atomic E-state index is 0.160. The van der Waals surface area contributed by atoms with E-state index in [0.717, 1.165) is 26.2 Å². The normalized spacial score (nSPS) is 10.9. The quantitative estimate of drug-likeness (QED) is 0.508. The first-order valence-electron chi connectivity index (χ1n) is 7.40. The summed E-state index contributed by atoms with van der Waals surface area (Å²) in [5.74, 6) is -0.160. The zero-order chi connectivity index (χ0) is 16.8. The average Bonchev–Trinajstić information content (AvgIpc) is 3.04. The number of rotatable bonds is 5. The standard InChI is InChI=1S/C19H16N2OS2/c1-23-19-21-17(15-10-6-3-7-11-15)18(24-19)20-16(22)13-12-14-8-4-2-5-9-14/h2-13H,1H3,(H,20,22)/b13-12-. The summed E-state index contributed by atoms with van der Waals surface area (Å²) in [4.78, 5) is 16.9. The van der Waals surface area contributed by atoms with Gasteiger partial charge in [-0.2, -0.15) is 0 Å². The first kappa shape index (κ1) is 16.5. The number of amides is 1. The highest BCUT2D eigenvalue weighted by Crippen LogP contribution is 2.36. The van der Waals surface area contributed by atoms with Crippen molar-refractivity contribution in [2.45, 2.75) is 4.34 Å². The van der Waals surface area contributed by atoms with Gasteiger partial charge in [-0.3, -0.25) is 4.79 Å². The van der Waals surface area contributed by atoms with E-state index in [2.05, 4.69) is 10.3 Å². The summed E-state index contributed by atoms with van der Waals surface area (Å²) in [6, 6.07) is 19.6. The topological polar surface area (TPSA) is 42.0 Å². The van der Waals surface area contributed by atoms with Crippen LogP contribution < -0.4 is 5.32 Å². The summed E-state index contributed by atoms with van der Waals surface area (Å²) in [6.07, 6.45) is 5.32. The van der Waals surface area contributed by atoms with E-state index in [9.17, 15) is 4.79 Å². The van der Waals surface area contributed by atoms with E-state index < -0.39 is 0 Å². The molecule has 0 bridgehead atoms. The second kappa shape index (κ2) is 7.95. The SMILES string of the molecule is CSc1nc(-c2ccccc2)c(NC(=O)/C=C\c2ccccc2)s1. The molecule has 3 rings (SSSR count). The number of carbonyl (C=O) groups excluding carboxylic acids is 1. The number of hydrogen-bond donors (Lipinski definition) is 1. The Hall–Kier alpha value is -2.37. The number of thioether (sulfide) groups is 1. The number of benzene rings is 2. The highest BCUT2D eigenvalue weighted by Gasteiger charge is 2.14. The van der Waals surface area contributed by atoms with Gasteiger partial charge in [0.05, 0.1) is 0 Å². The third kappa shape index (κ3) is 4.13. The summed E-state index contributed by atoms with van der Waals surface area (Å²) in [7, 11) is 0. The molecular weight excluding hydrogens is 336 g/mol. The molecule has 0 unspecified atom stereocenters. The lowest BCUT2D eigenvalue weighted by molar-refractivity contribution is -0.111. The molecule has 0 atom stereocenters. The van der Waals surface area contributed by atoms with Crippen LogP contribution in [0, 0.1) is 0 Å². The van der Waals surface area contributed by atoms with Crippen molar-refractivity contribution in [2.24, 2.45) is 0 Å². The molecule has 0 saturated heterocycles. The third-order valence-corrected chi connectivity index (χ3v) is 5.25. The van der Waals surface area contributed by atoms with E-state index >= 15 is 0 Å². The maximum Gasteiger partial charge on any atom is 0.249 e. The predicted molar refractivity (Wildman–Crippen MR) is 103 cm³/mol. The van der Waals surface area contributed by atoms with Crippen LogP contribution in [0.15, 0.2) is 71.1 Å². The van der Waals surface area contributed by atoms with Crippen LogP contribution in [-0.2, 0) is 4.79 Å². The molecular formula is C19H16N2OS2. The second-order valence-electron chi connectivity index (χ2n) is 4.96. The van der Waals surface area contributed by atoms with Gasteiger partial charge in [-0.15, -0.1) is 0 Å². The maximum absolute atomic E-state index is 12.2. The zero-order valence-corrected chi connectivity index (χ0v) is 14.7. The largest absolute Gasteiger partial charge is 0.312 e. The molecule has 0 spiro atoms. The molecule has 1 amide bonds. The number of nitrogens with zero attached hydrogens (tertiary/aromatic N) is 1. The van der Waals surface area contributed by atoms with E-state index in [1.807, 2.05) is 66.9 Å². The molecule has 5 heteroatoms. The lowest BCUT2D eigenvalue weighted by atomic mass is 10.1. The first-order valence-corrected chi connectivity index (χ1v) is 9.45. The van der Waals surface area contributed by atoms with Crippen LogP contribution in [0.3, 0.4) is 0 Å². The summed E-state index contributed by atoms with van der Waals surface area (Å²) in [5.41, 5.74) is 2.80. The number of nitrogens with one attached hydrogen (secondary N) is 1. The number of hydrogen-bond acceptors (Lipinski definition) is 4. The third-order valence-electron chi connectivity index (χ3n) is 3.29. The Morgan fingerprint density at radius 2 is 1.75 bits per heavy atom. The van der Waals surface area contributed by atoms with Crippen molar-refractivity contribution in [1.29, 1.82) is 0 Å². The Morgan fingerprint density at radius 1 is 1.08 bits per heavy atom. The fourth-order valence-electron chi connectivity index (χ4n) is 2.15. The minimum atomic E-state index is -0.160. The highest BCUT2D eigenvalue weighted by molar-refractivity contribution is 8.00. The van der Waals surface area contributed by atoms with Crippen LogP contribution in [0.5, 0.6) is 0 Å². The molecule has 2 aromatic carbocycles. The van der Waals surface area contributed by atoms with E-state index in [0.29, 0.717) is 0 Å². The van der Waals surface area contributed by atoms with Gasteiger partial charge in [0.1, 0.15) is 10.7 Å². The van der Waals surface area contributed by atoms with E-state index in [4.69, 9.17) is 0 Å². The minimum Gasteiger partial charge on any atom is -0.312 e. The molecule has 3 nitrogen and oxygen atoms in total. The molecule has 0 saturated carbocycles. The summed E-state index contributed by atoms with van der Waals surface area (Å²) < 4.78 is 0.927. The number of thiazole rings is 1. The van der Waals surface area contributed by atoms with Gasteiger partial charge >= 0.3 is 0 Å². The second-order valence-corrected chi connectivity index (χ2v) is 7.01. The molecule has 0 aliphatic carbocycles. The van der Waals surface area contributed by atoms with Gasteiger partial charge < -0.3 is 5.32 Å². The van der Waals surface area contributed by atoms with Gasteiger partial charge in [-0.25, -0.2) is 4.98 Å². The van der Waals surface area contributed by atoms with Gasteiger partial charge in [0.15, 0.2) is 4.34 Å². The van der Waals surface area contributed by atoms with Crippen LogP contribution in [0.1, 0.15) is 5.56 Å². The van der Waals surface area contributed by atoms with Crippen LogP contribution in [0.2, 0.25) is 0 Å². The maximum atomic E-state index is 12.2. The lowest BCUT2D eigenvalue weighted by Crippen LogP contribution is -2.07. The van der Waals surface area contributed by atoms with Crippen LogP contribution in [0.4, 0.5) is 5.00 Å². The van der Waals surface area contributed by atoms with Gasteiger partial charge in [0, 0.05) is 11.6 Å². The van der Waals surface area contributed by atoms with Crippen molar-refractivity contribution in [2.75, 3.05) is 11.6 Å². The number of anilines is 1. The van der Waals surface area contributed by atoms with Crippen LogP contribution in [0.25, 0.3) is 17.3 Å². The Morgan fingerprint density at radius 3 is 2.42 bits per heavy atom. The fourth-order valence-corrected chi connectivity index (χ4v) is 3.64. The van der Waals surface area contributed by atoms with Crippen molar-refractivity contribution >= 4 is 40.1 Å². The molecule has 120 valence electrons. The van der Waals surface area contributed by atoms with Crippen molar-refractivity contribution in [3.63, 3.8) is 0 Å². The monoisotopic (exact) mass is 352 g/mol. The highest BCUT2D eigenvalue weighted by atomic mass is 32.2. The molecule has 1 N–H and O–H groups in total. The summed E-state index contributed by atoms with van der Waals surface area (Å²) in [6.45, 7) is 0. The Balaban J connectivity index is 1.80. The van der Waals surface area contributed by atoms with E-state index in [1.54, 1.807) is 23.9 Å². The van der Waals surface area contributed by atoms with Crippen LogP contribution in [-0.4, -0.2) is 17.1 Å². The smallest absolute Gasteiger partial charge is 0.249 e. The molecule has 0 aliphatic rings. The predicted octanol–water partition coefficient (Wildman–Crippen LogP) is 5.18. The Kier molecular flexibility index (Phi) is 5.46. The van der Waals surface area contributed by atoms with Crippen molar-refractivity contribution in [1.82, 2.24) is 4.98 Å². The van der Waals surface area contributed by atoms with Crippen molar-refractivity contribution < 1.29 is 4.79 Å². The fraction of sp³-hybridized carbons (Fsp3) is 0.0526. The van der Waals surface area contributed by atoms with Gasteiger partial charge in [0.2, 0.25) is 5.91 Å². The Bertz CT molecular complexity index is 842. The lowest BCUT2D eigenvalue weighted by Gasteiger charge is -2.02. The molecule has 0 radical (unpaired) electrons. The molecule has 1 heterocycles. The van der Waals surface area contributed by atoms with E-state index in [-0.39, 0.29) is 5.91 Å². The first-order chi connectivity index (χ1) is 11.8. The summed E-state index contributed by atoms with van der Waals surface area (Å²) >= 11 is 3.06. The van der Waals surface area contributed by atoms with Gasteiger partial charge in [-0.1, -0.05) is 83.8 Å². The van der Waals surface area contributed by atoms with Gasteiger partial charge in [-0.05, 0) is 17.9 Å². The zero-order valence-electron chi connectivity index (χ0n) is 13.1. The molecule has 0 aliphatic heterocycles. The van der Waals surface area contributed by atoms with E-state index in [1.165, 1.54) is 11.3 Å². The average molecular weight is 352 g/mol. The van der Waals surface area contributed by atoms with Crippen molar-refractivity contribution in [3.05, 3.63) is 72.3 Å². The number of carbonyl (C=O) groups is 1.